The van der Waals surface area contributed by atoms with Crippen LogP contribution in [0.2, 0.25) is 0 Å². The molecule has 4 rings (SSSR count). The molecule has 1 aromatic heterocycles. The van der Waals surface area contributed by atoms with Crippen LogP contribution in [-0.4, -0.2) is 24.7 Å². The summed E-state index contributed by atoms with van der Waals surface area (Å²) < 4.78 is 25.5. The maximum Gasteiger partial charge on any atom is 0.254 e. The highest BCUT2D eigenvalue weighted by atomic mass is 19.1. The Balaban J connectivity index is 1.73. The highest BCUT2D eigenvalue weighted by Crippen LogP contribution is 2.32. The Morgan fingerprint density at radius 2 is 1.59 bits per heavy atom. The maximum absolute atomic E-state index is 13.5. The molecule has 0 spiro atoms. The Hall–Kier alpha value is -4.13. The second-order valence-corrected chi connectivity index (χ2v) is 7.87. The number of amides is 1. The summed E-state index contributed by atoms with van der Waals surface area (Å²) in [6.45, 7) is -0.207. The molecule has 0 bridgehead atoms. The number of aromatic nitrogens is 1. The quantitative estimate of drug-likeness (QED) is 0.418. The monoisotopic (exact) mass is 460 g/mol. The van der Waals surface area contributed by atoms with Crippen molar-refractivity contribution in [1.82, 2.24) is 4.57 Å². The minimum atomic E-state index is -0.398. The fraction of sp³-hybridized carbons (Fsp3) is 0.185. The van der Waals surface area contributed by atoms with Gasteiger partial charge in [-0.3, -0.25) is 14.2 Å². The van der Waals surface area contributed by atoms with Gasteiger partial charge in [-0.15, -0.1) is 0 Å². The van der Waals surface area contributed by atoms with E-state index in [-0.39, 0.29) is 12.1 Å². The first-order valence-electron chi connectivity index (χ1n) is 10.9. The van der Waals surface area contributed by atoms with Gasteiger partial charge in [0.2, 0.25) is 5.91 Å². The maximum atomic E-state index is 13.5. The Bertz CT molecular complexity index is 1370. The van der Waals surface area contributed by atoms with Crippen molar-refractivity contribution in [3.05, 3.63) is 100 Å². The largest absolute Gasteiger partial charge is 0.493 e. The van der Waals surface area contributed by atoms with E-state index in [1.807, 2.05) is 36.4 Å². The number of halogens is 1. The van der Waals surface area contributed by atoms with Crippen LogP contribution in [0.3, 0.4) is 0 Å². The first-order valence-corrected chi connectivity index (χ1v) is 10.9. The lowest BCUT2D eigenvalue weighted by Gasteiger charge is -2.16. The van der Waals surface area contributed by atoms with Gasteiger partial charge in [0.05, 0.1) is 19.7 Å². The van der Waals surface area contributed by atoms with E-state index in [1.54, 1.807) is 19.2 Å². The van der Waals surface area contributed by atoms with Gasteiger partial charge in [-0.2, -0.15) is 0 Å². The molecule has 0 saturated carbocycles. The number of carbonyl (C=O) groups is 1. The van der Waals surface area contributed by atoms with Crippen molar-refractivity contribution in [2.45, 2.75) is 19.4 Å². The van der Waals surface area contributed by atoms with E-state index in [1.165, 1.54) is 35.9 Å². The van der Waals surface area contributed by atoms with Gasteiger partial charge in [0.15, 0.2) is 11.5 Å². The summed E-state index contributed by atoms with van der Waals surface area (Å²) in [7, 11) is 3.06. The molecule has 0 saturated heterocycles. The molecule has 34 heavy (non-hydrogen) atoms. The molecule has 0 unspecified atom stereocenters. The molecule has 0 fully saturated rings. The summed E-state index contributed by atoms with van der Waals surface area (Å²) in [6, 6.07) is 20.7. The Morgan fingerprint density at radius 3 is 2.26 bits per heavy atom. The average molecular weight is 461 g/mol. The number of pyridine rings is 1. The summed E-state index contributed by atoms with van der Waals surface area (Å²) in [5.41, 5.74) is 2.47. The predicted octanol–water partition coefficient (Wildman–Crippen LogP) is 4.58. The third-order valence-electron chi connectivity index (χ3n) is 5.63. The number of ether oxygens (including phenoxy) is 2. The van der Waals surface area contributed by atoms with Crippen LogP contribution in [0.1, 0.15) is 11.1 Å². The zero-order valence-corrected chi connectivity index (χ0v) is 19.0. The highest BCUT2D eigenvalue weighted by Gasteiger charge is 2.16. The molecule has 4 aromatic rings. The summed E-state index contributed by atoms with van der Waals surface area (Å²) in [5.74, 6) is 0.196. The van der Waals surface area contributed by atoms with Crippen molar-refractivity contribution in [1.29, 1.82) is 0 Å². The van der Waals surface area contributed by atoms with Crippen LogP contribution < -0.4 is 20.3 Å². The summed E-state index contributed by atoms with van der Waals surface area (Å²) in [5, 5.41) is 3.48. The lowest BCUT2D eigenvalue weighted by atomic mass is 10.0. The molecule has 3 aromatic carbocycles. The van der Waals surface area contributed by atoms with Crippen LogP contribution in [0.25, 0.3) is 10.9 Å². The number of hydrogen-bond acceptors (Lipinski definition) is 4. The van der Waals surface area contributed by atoms with Crippen LogP contribution in [0.15, 0.2) is 77.6 Å². The normalized spacial score (nSPS) is 10.8. The van der Waals surface area contributed by atoms with Crippen LogP contribution in [0, 0.1) is 5.82 Å². The van der Waals surface area contributed by atoms with Crippen LogP contribution in [-0.2, 0) is 24.2 Å². The van der Waals surface area contributed by atoms with Gasteiger partial charge < -0.3 is 14.8 Å². The van der Waals surface area contributed by atoms with Crippen molar-refractivity contribution in [3.8, 4) is 11.5 Å². The lowest BCUT2D eigenvalue weighted by molar-refractivity contribution is -0.116. The van der Waals surface area contributed by atoms with Gasteiger partial charge in [0.1, 0.15) is 12.4 Å². The molecule has 0 radical (unpaired) electrons. The number of aryl methyl sites for hydroxylation is 2. The molecule has 7 heteroatoms. The predicted molar refractivity (Wildman–Crippen MR) is 130 cm³/mol. The van der Waals surface area contributed by atoms with Gasteiger partial charge in [-0.1, -0.05) is 30.3 Å². The number of nitrogens with zero attached hydrogens (tertiary/aromatic N) is 1. The first kappa shape index (κ1) is 23.0. The number of hydrogen-bond donors (Lipinski definition) is 1. The molecule has 6 nitrogen and oxygen atoms in total. The SMILES string of the molecule is COc1cc2cc(CCc3ccccc3)c(=O)n(CC(=O)Nc3ccc(F)cc3)c2cc1OC. The molecule has 0 atom stereocenters. The molecule has 1 amide bonds. The molecule has 0 aliphatic rings. The number of methoxy groups -OCH3 is 2. The number of anilines is 1. The Kier molecular flexibility index (Phi) is 6.92. The van der Waals surface area contributed by atoms with E-state index < -0.39 is 11.7 Å². The van der Waals surface area contributed by atoms with E-state index in [9.17, 15) is 14.0 Å². The standard InChI is InChI=1S/C27H25FN2O4/c1-33-24-15-20-14-19(9-8-18-6-4-3-5-7-18)27(32)30(23(20)16-25(24)34-2)17-26(31)29-22-12-10-21(28)11-13-22/h3-7,10-16H,8-9,17H2,1-2H3,(H,29,31). The van der Waals surface area contributed by atoms with Gasteiger partial charge >= 0.3 is 0 Å². The molecular formula is C27H25FN2O4. The number of rotatable bonds is 8. The lowest BCUT2D eigenvalue weighted by Crippen LogP contribution is -2.30. The van der Waals surface area contributed by atoms with Crippen molar-refractivity contribution < 1.29 is 18.7 Å². The topological polar surface area (TPSA) is 69.6 Å². The summed E-state index contributed by atoms with van der Waals surface area (Å²) in [6.07, 6.45) is 1.21. The molecule has 174 valence electrons. The Morgan fingerprint density at radius 1 is 0.912 bits per heavy atom. The smallest absolute Gasteiger partial charge is 0.254 e. The fourth-order valence-electron chi connectivity index (χ4n) is 3.90. The number of fused-ring (bicyclic) bond motifs is 1. The number of benzene rings is 3. The van der Waals surface area contributed by atoms with Gasteiger partial charge in [0.25, 0.3) is 5.56 Å². The van der Waals surface area contributed by atoms with E-state index in [0.717, 1.165) is 10.9 Å². The van der Waals surface area contributed by atoms with Crippen molar-refractivity contribution >= 4 is 22.5 Å². The summed E-state index contributed by atoms with van der Waals surface area (Å²) in [4.78, 5) is 26.3. The van der Waals surface area contributed by atoms with Crippen molar-refractivity contribution in [3.63, 3.8) is 0 Å². The van der Waals surface area contributed by atoms with E-state index in [2.05, 4.69) is 5.32 Å². The zero-order valence-electron chi connectivity index (χ0n) is 19.0. The van der Waals surface area contributed by atoms with E-state index in [0.29, 0.717) is 41.1 Å². The van der Waals surface area contributed by atoms with Crippen molar-refractivity contribution in [2.24, 2.45) is 0 Å². The summed E-state index contributed by atoms with van der Waals surface area (Å²) >= 11 is 0. The second kappa shape index (κ2) is 10.2. The third-order valence-corrected chi connectivity index (χ3v) is 5.63. The van der Waals surface area contributed by atoms with E-state index in [4.69, 9.17) is 9.47 Å². The fourth-order valence-corrected chi connectivity index (χ4v) is 3.90. The minimum Gasteiger partial charge on any atom is -0.493 e. The van der Waals surface area contributed by atoms with Crippen LogP contribution in [0.4, 0.5) is 10.1 Å². The van der Waals surface area contributed by atoms with Crippen molar-refractivity contribution in [2.75, 3.05) is 19.5 Å². The van der Waals surface area contributed by atoms with Gasteiger partial charge in [-0.05, 0) is 54.8 Å². The highest BCUT2D eigenvalue weighted by molar-refractivity contribution is 5.92. The average Bonchev–Trinajstić information content (AvgIpc) is 2.86. The van der Waals surface area contributed by atoms with Crippen LogP contribution in [0.5, 0.6) is 11.5 Å². The van der Waals surface area contributed by atoms with Gasteiger partial charge in [0, 0.05) is 22.7 Å². The number of nitrogens with one attached hydrogen (secondary N) is 1. The molecule has 1 N–H and O–H groups in total. The minimum absolute atomic E-state index is 0.207. The third kappa shape index (κ3) is 5.09. The van der Waals surface area contributed by atoms with Gasteiger partial charge in [-0.25, -0.2) is 4.39 Å². The molecule has 0 aliphatic carbocycles. The Labute approximate surface area is 196 Å². The molecule has 1 heterocycles. The zero-order chi connectivity index (χ0) is 24.1. The van der Waals surface area contributed by atoms with Crippen LogP contribution >= 0.6 is 0 Å². The second-order valence-electron chi connectivity index (χ2n) is 7.87. The first-order chi connectivity index (χ1) is 16.5. The van der Waals surface area contributed by atoms with E-state index >= 15 is 0 Å². The molecular weight excluding hydrogens is 435 g/mol. The molecule has 0 aliphatic heterocycles. The number of carbonyl (C=O) groups excluding carboxylic acids is 1.